The van der Waals surface area contributed by atoms with Gasteiger partial charge >= 0.3 is 36.2 Å². The van der Waals surface area contributed by atoms with E-state index >= 15 is 0 Å². The van der Waals surface area contributed by atoms with Gasteiger partial charge in [-0.3, -0.25) is 28.8 Å². The molecule has 0 unspecified atom stereocenters. The van der Waals surface area contributed by atoms with Crippen molar-refractivity contribution in [2.24, 2.45) is 17.8 Å². The molecule has 6 rings (SSSR count). The van der Waals surface area contributed by atoms with Gasteiger partial charge in [0.1, 0.15) is 0 Å². The van der Waals surface area contributed by atoms with E-state index in [1.54, 1.807) is 34.6 Å². The van der Waals surface area contributed by atoms with Gasteiger partial charge in [0.05, 0.1) is 55.6 Å². The Balaban J connectivity index is 0.000000400. The third-order valence-electron chi connectivity index (χ3n) is 25.5. The van der Waals surface area contributed by atoms with Gasteiger partial charge in [-0.1, -0.05) is 294 Å². The van der Waals surface area contributed by atoms with E-state index in [0.717, 1.165) is 93.7 Å². The number of carboxylic acid groups (broad SMARTS) is 2. The van der Waals surface area contributed by atoms with Gasteiger partial charge in [-0.25, -0.2) is 24.0 Å². The van der Waals surface area contributed by atoms with Crippen molar-refractivity contribution in [1.29, 1.82) is 0 Å². The molecule has 3 fully saturated rings. The first kappa shape index (κ1) is 111. The van der Waals surface area contributed by atoms with Crippen molar-refractivity contribution in [3.05, 3.63) is 108 Å². The molecule has 3 saturated carbocycles. The van der Waals surface area contributed by atoms with Crippen LogP contribution in [0.4, 0.5) is 14.4 Å². The lowest BCUT2D eigenvalue weighted by atomic mass is 9.95. The van der Waals surface area contributed by atoms with Gasteiger partial charge in [-0.05, 0) is 163 Å². The summed E-state index contributed by atoms with van der Waals surface area (Å²) in [6.45, 7) is 54.7. The number of benzene rings is 3. The minimum absolute atomic E-state index is 0.0687. The summed E-state index contributed by atoms with van der Waals surface area (Å²) in [5.41, 5.74) is 2.53. The molecule has 0 spiro atoms. The average Bonchev–Trinajstić information content (AvgIpc) is 0.744. The van der Waals surface area contributed by atoms with Gasteiger partial charge in [0.2, 0.25) is 11.8 Å². The third-order valence-corrected chi connectivity index (χ3v) is 45.6. The van der Waals surface area contributed by atoms with Crippen LogP contribution in [0.2, 0.25) is 46.9 Å². The molecule has 8 atom stereocenters. The van der Waals surface area contributed by atoms with Crippen molar-refractivity contribution < 1.29 is 90.4 Å². The SMILES string of the molecule is COC(=O)[C@H](COC(C)(C)C)NC(=O)[C@H](C)CC(=O)[C@H](Cc1ccccc1)NC(=O)O[Si](C1CCCCC1)(C(C)(C)C)C(C)(C)C.C[C@H](CC(=O)[C@H](Cc1ccccc1)NC(=O)O[Si](C1CCCCC1)(C(C)(C)C)C(C)(C)C)C(=O)N[C@@H](COC(C)(C)C)C(=O)O.C[C@H](CC(=O)[C@H](Cc1ccccc1)NC(=O)O[Si](C1CCCCC1)(C(C)(C)C)C(C)(C)C)C(=O)O. The fraction of sp³-hybridized carbons (Fsp3) is 0.707. The number of methoxy groups -OCH3 is 1. The highest BCUT2D eigenvalue weighted by molar-refractivity contribution is 6.83. The third kappa shape index (κ3) is 32.8. The van der Waals surface area contributed by atoms with Crippen molar-refractivity contribution in [3.8, 4) is 0 Å². The maximum absolute atomic E-state index is 13.9. The second-order valence-electron chi connectivity index (χ2n) is 43.9. The van der Waals surface area contributed by atoms with E-state index in [-0.39, 0.29) is 92.9 Å². The van der Waals surface area contributed by atoms with Crippen LogP contribution in [-0.4, -0.2) is 162 Å². The van der Waals surface area contributed by atoms with Gasteiger partial charge < -0.3 is 64.3 Å². The number of carbonyl (C=O) groups is 11. The predicted octanol–water partition coefficient (Wildman–Crippen LogP) is 21.3. The predicted molar refractivity (Wildman–Crippen MR) is 506 cm³/mol. The van der Waals surface area contributed by atoms with E-state index in [9.17, 15) is 63.0 Å². The highest BCUT2D eigenvalue weighted by Crippen LogP contribution is 2.64. The van der Waals surface area contributed by atoms with E-state index in [4.69, 9.17) is 27.5 Å². The van der Waals surface area contributed by atoms with Crippen molar-refractivity contribution in [3.63, 3.8) is 0 Å². The fourth-order valence-corrected chi connectivity index (χ4v) is 41.5. The number of nitrogens with one attached hydrogen (secondary N) is 5. The molecule has 710 valence electrons. The number of hydrogen-bond donors (Lipinski definition) is 7. The Labute approximate surface area is 758 Å². The molecular weight excluding hydrogens is 1650 g/mol. The summed E-state index contributed by atoms with van der Waals surface area (Å²) in [5, 5.41) is 31.5. The number of ketones is 3. The van der Waals surface area contributed by atoms with Crippen molar-refractivity contribution >= 4 is 90.3 Å². The summed E-state index contributed by atoms with van der Waals surface area (Å²) in [4.78, 5) is 144. The molecule has 0 saturated heterocycles. The van der Waals surface area contributed by atoms with E-state index < -0.39 is 132 Å². The van der Waals surface area contributed by atoms with Crippen LogP contribution >= 0.6 is 0 Å². The van der Waals surface area contributed by atoms with Crippen LogP contribution in [0.1, 0.15) is 319 Å². The smallest absolute Gasteiger partial charge is 0.394 e. The number of esters is 1. The van der Waals surface area contributed by atoms with Gasteiger partial charge in [0.15, 0.2) is 29.4 Å². The first-order valence-corrected chi connectivity index (χ1v) is 52.1. The number of hydrogen-bond acceptors (Lipinski definition) is 17. The summed E-state index contributed by atoms with van der Waals surface area (Å²) in [6, 6.07) is 23.4. The zero-order chi connectivity index (χ0) is 95.6. The molecule has 5 amide bonds. The van der Waals surface area contributed by atoms with E-state index in [1.165, 1.54) is 33.3 Å². The normalized spacial score (nSPS) is 17.1. The van der Waals surface area contributed by atoms with Crippen LogP contribution in [0.5, 0.6) is 0 Å². The number of Topliss-reactive ketones (excluding diaryl/α,β-unsaturated/α-hetero) is 3. The van der Waals surface area contributed by atoms with Gasteiger partial charge in [0.25, 0.3) is 25.0 Å². The van der Waals surface area contributed by atoms with Crippen molar-refractivity contribution in [1.82, 2.24) is 26.6 Å². The van der Waals surface area contributed by atoms with Gasteiger partial charge in [-0.15, -0.1) is 0 Å². The molecule has 7 N–H and O–H groups in total. The monoisotopic (exact) mass is 1810 g/mol. The van der Waals surface area contributed by atoms with Crippen LogP contribution in [0.25, 0.3) is 0 Å². The molecular formula is C99H163N5O19Si3. The zero-order valence-electron chi connectivity index (χ0n) is 82.1. The number of carbonyl (C=O) groups excluding carboxylic acids is 9. The Morgan fingerprint density at radius 3 is 0.794 bits per heavy atom. The summed E-state index contributed by atoms with van der Waals surface area (Å²) < 4.78 is 36.1. The van der Waals surface area contributed by atoms with E-state index in [0.29, 0.717) is 23.0 Å². The molecule has 24 nitrogen and oxygen atoms in total. The van der Waals surface area contributed by atoms with Gasteiger partial charge in [0, 0.05) is 31.1 Å². The molecule has 3 aromatic carbocycles. The highest BCUT2D eigenvalue weighted by atomic mass is 28.4. The maximum Gasteiger partial charge on any atom is 0.394 e. The molecule has 0 bridgehead atoms. The molecule has 0 radical (unpaired) electrons. The summed E-state index contributed by atoms with van der Waals surface area (Å²) >= 11 is 0. The maximum atomic E-state index is 13.9. The summed E-state index contributed by atoms with van der Waals surface area (Å²) in [5.74, 6) is -7.26. The molecule has 3 aliphatic carbocycles. The molecule has 3 aliphatic rings. The Morgan fingerprint density at radius 1 is 0.333 bits per heavy atom. The number of aliphatic carboxylic acids is 2. The van der Waals surface area contributed by atoms with Crippen LogP contribution in [-0.2, 0) is 85.1 Å². The lowest BCUT2D eigenvalue weighted by Crippen LogP contribution is -2.61. The van der Waals surface area contributed by atoms with Crippen LogP contribution in [0.3, 0.4) is 0 Å². The topological polar surface area (TPSA) is 344 Å². The second-order valence-corrected chi connectivity index (χ2v) is 60.4. The van der Waals surface area contributed by atoms with Crippen LogP contribution in [0.15, 0.2) is 91.0 Å². The zero-order valence-corrected chi connectivity index (χ0v) is 85.1. The largest absolute Gasteiger partial charge is 0.502 e. The second kappa shape index (κ2) is 47.8. The Hall–Kier alpha value is -7.60. The molecule has 0 aliphatic heterocycles. The average molecular weight is 1810 g/mol. The molecule has 0 aromatic heterocycles. The Morgan fingerprint density at radius 2 is 0.571 bits per heavy atom. The molecule has 126 heavy (non-hydrogen) atoms. The lowest BCUT2D eigenvalue weighted by molar-refractivity contribution is -0.149. The Kier molecular flexibility index (Phi) is 42.0. The van der Waals surface area contributed by atoms with Crippen LogP contribution in [0, 0.1) is 17.8 Å². The molecule has 3 aromatic rings. The van der Waals surface area contributed by atoms with Crippen molar-refractivity contribution in [2.45, 2.75) is 410 Å². The number of ether oxygens (including phenoxy) is 3. The number of amides is 5. The van der Waals surface area contributed by atoms with Crippen LogP contribution < -0.4 is 26.6 Å². The van der Waals surface area contributed by atoms with Gasteiger partial charge in [-0.2, -0.15) is 0 Å². The van der Waals surface area contributed by atoms with E-state index in [2.05, 4.69) is 151 Å². The van der Waals surface area contributed by atoms with E-state index in [1.807, 2.05) is 112 Å². The van der Waals surface area contributed by atoms with Crippen molar-refractivity contribution in [2.75, 3.05) is 20.3 Å². The first-order valence-electron chi connectivity index (χ1n) is 46.2. The molecule has 27 heteroatoms. The number of rotatable bonds is 35. The number of carboxylic acids is 2. The Bertz CT molecular complexity index is 3940. The minimum Gasteiger partial charge on any atom is -0.502 e. The summed E-state index contributed by atoms with van der Waals surface area (Å²) in [7, 11) is -7.09. The lowest BCUT2D eigenvalue weighted by Gasteiger charge is -2.54. The molecule has 0 heterocycles. The first-order chi connectivity index (χ1) is 58.1. The summed E-state index contributed by atoms with van der Waals surface area (Å²) in [6.07, 6.45) is 15.3. The highest BCUT2D eigenvalue weighted by Gasteiger charge is 2.65. The standard InChI is InChI=1S/C36H60N2O7Si.C35H58N2O7Si.C28H45NO5Si/c1-25(31(40)37-29(32(41)43-11)24-44-34(2,3)4)22-30(39)28(23-26-18-14-12-15-19-26)38-33(42)45-46(35(5,6)7,36(8,9)10)27-20-16-13-17-21-27;1-24(30(39)36-28(31(40)41)23-43-33(2,3)4)21-29(38)27(22-25-17-13-11-14-18-25)37-32(42)44-45(34(5,6)7,35(8,9)10)26-19-15-12-16-20-26;1-20(25(31)32)18-24(30)23(19-21-14-10-8-11-15-21)29-26(33)34-35(27(2,3)4,28(5,6)7)22-16-12-9-13-17-22/h12,14-15,18-19,25,27-29H,13,16-17,20-24H2,1-11H3,(H,37,40)(H,38,42);11,13-14,17-18,24,26-28H,12,15-16,19-23H2,1-10H3,(H,36,39)(H,37,42)(H,40,41);8,10-11,14-15,20,22-23H,9,12-13,16-19H2,1-7H3,(H,29,33)(H,31,32)/t25-,28+,29+;24-,27+,28+;20-,23+/m111/s1. The fourth-order valence-electron chi connectivity index (χ4n) is 20.4. The quantitative estimate of drug-likeness (QED) is 0.0212. The minimum atomic E-state index is -2.81.